The Morgan fingerprint density at radius 1 is 1.47 bits per heavy atom. The van der Waals surface area contributed by atoms with Crippen LogP contribution in [0.25, 0.3) is 0 Å². The van der Waals surface area contributed by atoms with E-state index in [4.69, 9.17) is 23.2 Å². The quantitative estimate of drug-likeness (QED) is 0.838. The Morgan fingerprint density at radius 3 is 2.68 bits per heavy atom. The monoisotopic (exact) mass is 323 g/mol. The summed E-state index contributed by atoms with van der Waals surface area (Å²) >= 11 is 11.4. The predicted octanol–water partition coefficient (Wildman–Crippen LogP) is 0.897. The molecule has 0 radical (unpaired) electrons. The third-order valence-corrected chi connectivity index (χ3v) is 4.93. The van der Waals surface area contributed by atoms with Crippen molar-refractivity contribution in [3.05, 3.63) is 22.4 Å². The summed E-state index contributed by atoms with van der Waals surface area (Å²) in [5.41, 5.74) is 0. The molecule has 1 aliphatic rings. The molecule has 2 rings (SSSR count). The van der Waals surface area contributed by atoms with Crippen molar-refractivity contribution in [1.29, 1.82) is 0 Å². The minimum absolute atomic E-state index is 0.0253. The van der Waals surface area contributed by atoms with Crippen LogP contribution in [0.4, 0.5) is 0 Å². The molecule has 1 aromatic heterocycles. The van der Waals surface area contributed by atoms with E-state index in [1.807, 2.05) is 0 Å². The number of nitrogens with zero attached hydrogens (tertiary/aromatic N) is 2. The minimum atomic E-state index is -3.84. The Hall–Kier alpha value is -0.890. The first-order valence-corrected chi connectivity index (χ1v) is 7.63. The first-order valence-electron chi connectivity index (χ1n) is 5.39. The van der Waals surface area contributed by atoms with E-state index in [-0.39, 0.29) is 21.0 Å². The Balaban J connectivity index is 2.23. The van der Waals surface area contributed by atoms with Gasteiger partial charge in [0.15, 0.2) is 0 Å². The lowest BCUT2D eigenvalue weighted by Crippen LogP contribution is -2.40. The van der Waals surface area contributed by atoms with E-state index in [0.29, 0.717) is 13.0 Å². The molecule has 0 saturated carbocycles. The van der Waals surface area contributed by atoms with Gasteiger partial charge in [0, 0.05) is 19.8 Å². The SMILES string of the molecule is CN1CC[C@@H](NS(=O)(=O)c2cnc(Cl)c(Cl)c2)C1=O. The molecule has 19 heavy (non-hydrogen) atoms. The molecule has 9 heteroatoms. The summed E-state index contributed by atoms with van der Waals surface area (Å²) in [5.74, 6) is -0.253. The van der Waals surface area contributed by atoms with Crippen LogP contribution in [-0.2, 0) is 14.8 Å². The second-order valence-corrected chi connectivity index (χ2v) is 6.65. The normalized spacial score (nSPS) is 20.1. The zero-order valence-electron chi connectivity index (χ0n) is 9.93. The number of carbonyl (C=O) groups is 1. The summed E-state index contributed by atoms with van der Waals surface area (Å²) in [7, 11) is -2.22. The maximum absolute atomic E-state index is 12.1. The molecule has 1 saturated heterocycles. The maximum atomic E-state index is 12.1. The van der Waals surface area contributed by atoms with Crippen LogP contribution in [0.1, 0.15) is 6.42 Å². The van der Waals surface area contributed by atoms with Gasteiger partial charge in [-0.15, -0.1) is 0 Å². The van der Waals surface area contributed by atoms with E-state index < -0.39 is 16.1 Å². The lowest BCUT2D eigenvalue weighted by molar-refractivity contribution is -0.127. The fourth-order valence-corrected chi connectivity index (χ4v) is 3.27. The Labute approximate surface area is 120 Å². The molecule has 0 aliphatic carbocycles. The third kappa shape index (κ3) is 3.00. The molecule has 1 fully saturated rings. The van der Waals surface area contributed by atoms with Crippen LogP contribution < -0.4 is 4.72 Å². The van der Waals surface area contributed by atoms with Crippen molar-refractivity contribution in [2.75, 3.05) is 13.6 Å². The fraction of sp³-hybridized carbons (Fsp3) is 0.400. The van der Waals surface area contributed by atoms with Gasteiger partial charge in [0.1, 0.15) is 16.1 Å². The summed E-state index contributed by atoms with van der Waals surface area (Å²) in [6.45, 7) is 0.519. The highest BCUT2D eigenvalue weighted by Crippen LogP contribution is 2.22. The number of hydrogen-bond donors (Lipinski definition) is 1. The van der Waals surface area contributed by atoms with Gasteiger partial charge >= 0.3 is 0 Å². The van der Waals surface area contributed by atoms with Crippen molar-refractivity contribution in [2.45, 2.75) is 17.4 Å². The number of likely N-dealkylation sites (tertiary alicyclic amines) is 1. The van der Waals surface area contributed by atoms with E-state index in [2.05, 4.69) is 9.71 Å². The second-order valence-electron chi connectivity index (χ2n) is 4.17. The van der Waals surface area contributed by atoms with Crippen molar-refractivity contribution < 1.29 is 13.2 Å². The lowest BCUT2D eigenvalue weighted by Gasteiger charge is -2.12. The van der Waals surface area contributed by atoms with Crippen molar-refractivity contribution in [3.63, 3.8) is 0 Å². The molecular formula is C10H11Cl2N3O3S. The number of sulfonamides is 1. The summed E-state index contributed by atoms with van der Waals surface area (Å²) in [5, 5.41) is 0.0664. The first-order chi connectivity index (χ1) is 8.81. The van der Waals surface area contributed by atoms with Crippen LogP contribution in [0.2, 0.25) is 10.2 Å². The molecular weight excluding hydrogens is 313 g/mol. The molecule has 6 nitrogen and oxygen atoms in total. The molecule has 2 heterocycles. The summed E-state index contributed by atoms with van der Waals surface area (Å²) in [6, 6.07) is 0.451. The van der Waals surface area contributed by atoms with Crippen molar-refractivity contribution in [3.8, 4) is 0 Å². The number of hydrogen-bond acceptors (Lipinski definition) is 4. The van der Waals surface area contributed by atoms with E-state index in [0.717, 1.165) is 6.20 Å². The van der Waals surface area contributed by atoms with Crippen molar-refractivity contribution in [1.82, 2.24) is 14.6 Å². The van der Waals surface area contributed by atoms with E-state index >= 15 is 0 Å². The fourth-order valence-electron chi connectivity index (χ4n) is 1.74. The Kier molecular flexibility index (Phi) is 4.00. The smallest absolute Gasteiger partial charge is 0.242 e. The summed E-state index contributed by atoms with van der Waals surface area (Å²) in [6.07, 6.45) is 1.53. The maximum Gasteiger partial charge on any atom is 0.242 e. The van der Waals surface area contributed by atoms with Gasteiger partial charge in [-0.05, 0) is 12.5 Å². The Bertz CT molecular complexity index is 620. The summed E-state index contributed by atoms with van der Waals surface area (Å²) < 4.78 is 26.5. The van der Waals surface area contributed by atoms with Crippen LogP contribution >= 0.6 is 23.2 Å². The largest absolute Gasteiger partial charge is 0.344 e. The second kappa shape index (κ2) is 5.24. The van der Waals surface area contributed by atoms with Crippen LogP contribution in [0.15, 0.2) is 17.2 Å². The lowest BCUT2D eigenvalue weighted by atomic mass is 10.3. The Morgan fingerprint density at radius 2 is 2.16 bits per heavy atom. The number of likely N-dealkylation sites (N-methyl/N-ethyl adjacent to an activating group) is 1. The minimum Gasteiger partial charge on any atom is -0.344 e. The van der Waals surface area contributed by atoms with Gasteiger partial charge in [-0.2, -0.15) is 4.72 Å². The van der Waals surface area contributed by atoms with Crippen molar-refractivity contribution in [2.24, 2.45) is 0 Å². The molecule has 1 amide bonds. The molecule has 104 valence electrons. The third-order valence-electron chi connectivity index (χ3n) is 2.81. The van der Waals surface area contributed by atoms with Crippen LogP contribution in [-0.4, -0.2) is 43.8 Å². The average Bonchev–Trinajstić information content (AvgIpc) is 2.64. The van der Waals surface area contributed by atoms with E-state index in [1.165, 1.54) is 11.0 Å². The number of nitrogens with one attached hydrogen (secondary N) is 1. The number of amides is 1. The number of carbonyl (C=O) groups excluding carboxylic acids is 1. The summed E-state index contributed by atoms with van der Waals surface area (Å²) in [4.78, 5) is 16.7. The van der Waals surface area contributed by atoms with Gasteiger partial charge in [-0.25, -0.2) is 13.4 Å². The van der Waals surface area contributed by atoms with Gasteiger partial charge < -0.3 is 4.90 Å². The van der Waals surface area contributed by atoms with Gasteiger partial charge in [-0.3, -0.25) is 4.79 Å². The standard InChI is InChI=1S/C10H11Cl2N3O3S/c1-15-3-2-8(10(15)16)14-19(17,18)6-4-7(11)9(12)13-5-6/h4-5,8,14H,2-3H2,1H3/t8-/m1/s1. The number of pyridine rings is 1. The molecule has 0 spiro atoms. The van der Waals surface area contributed by atoms with E-state index in [9.17, 15) is 13.2 Å². The highest BCUT2D eigenvalue weighted by atomic mass is 35.5. The van der Waals surface area contributed by atoms with Gasteiger partial charge in [-0.1, -0.05) is 23.2 Å². The molecule has 1 aromatic rings. The zero-order chi connectivity index (χ0) is 14.2. The van der Waals surface area contributed by atoms with E-state index in [1.54, 1.807) is 7.05 Å². The van der Waals surface area contributed by atoms with Gasteiger partial charge in [0.25, 0.3) is 0 Å². The van der Waals surface area contributed by atoms with Crippen LogP contribution in [0.3, 0.4) is 0 Å². The number of halogens is 2. The average molecular weight is 324 g/mol. The topological polar surface area (TPSA) is 79.4 Å². The van der Waals surface area contributed by atoms with Gasteiger partial charge in [0.2, 0.25) is 15.9 Å². The van der Waals surface area contributed by atoms with Crippen LogP contribution in [0.5, 0.6) is 0 Å². The highest BCUT2D eigenvalue weighted by Gasteiger charge is 2.33. The van der Waals surface area contributed by atoms with Crippen molar-refractivity contribution >= 4 is 39.1 Å². The van der Waals surface area contributed by atoms with Gasteiger partial charge in [0.05, 0.1) is 5.02 Å². The molecule has 1 atom stereocenters. The molecule has 1 N–H and O–H groups in total. The first kappa shape index (κ1) is 14.5. The molecule has 0 unspecified atom stereocenters. The highest BCUT2D eigenvalue weighted by molar-refractivity contribution is 7.89. The number of aromatic nitrogens is 1. The molecule has 1 aliphatic heterocycles. The molecule has 0 aromatic carbocycles. The predicted molar refractivity (Wildman–Crippen MR) is 70.6 cm³/mol. The number of rotatable bonds is 3. The van der Waals surface area contributed by atoms with Crippen LogP contribution in [0, 0.1) is 0 Å². The zero-order valence-corrected chi connectivity index (χ0v) is 12.3. The molecule has 0 bridgehead atoms.